The molecule has 0 saturated carbocycles. The zero-order chi connectivity index (χ0) is 14.8. The van der Waals surface area contributed by atoms with Gasteiger partial charge < -0.3 is 9.64 Å². The number of likely N-dealkylation sites (N-methyl/N-ethyl adjacent to an activating group) is 1. The van der Waals surface area contributed by atoms with E-state index in [4.69, 9.17) is 4.74 Å². The molecule has 19 heavy (non-hydrogen) atoms. The maximum Gasteiger partial charge on any atom is 0.328 e. The Kier molecular flexibility index (Phi) is 8.92. The molecular formula is C15H27NO3. The van der Waals surface area contributed by atoms with Crippen LogP contribution in [0.4, 0.5) is 0 Å². The summed E-state index contributed by atoms with van der Waals surface area (Å²) >= 11 is 0. The van der Waals surface area contributed by atoms with Gasteiger partial charge in [0.15, 0.2) is 0 Å². The van der Waals surface area contributed by atoms with Gasteiger partial charge in [0.05, 0.1) is 6.61 Å². The largest absolute Gasteiger partial charge is 0.464 e. The first-order valence-electron chi connectivity index (χ1n) is 7.03. The highest BCUT2D eigenvalue weighted by atomic mass is 16.5. The molecular weight excluding hydrogens is 242 g/mol. The van der Waals surface area contributed by atoms with Gasteiger partial charge in [-0.3, -0.25) is 4.79 Å². The molecule has 0 radical (unpaired) electrons. The van der Waals surface area contributed by atoms with Crippen molar-refractivity contribution in [2.45, 2.75) is 52.5 Å². The third kappa shape index (κ3) is 6.41. The van der Waals surface area contributed by atoms with Gasteiger partial charge in [-0.15, -0.1) is 0 Å². The molecule has 2 atom stereocenters. The molecule has 0 aromatic carbocycles. The normalized spacial score (nSPS) is 13.5. The van der Waals surface area contributed by atoms with Gasteiger partial charge in [-0.2, -0.15) is 0 Å². The number of hydrogen-bond acceptors (Lipinski definition) is 3. The van der Waals surface area contributed by atoms with Crippen molar-refractivity contribution in [2.75, 3.05) is 13.7 Å². The van der Waals surface area contributed by atoms with Crippen molar-refractivity contribution in [3.05, 3.63) is 12.7 Å². The number of unbranched alkanes of at least 4 members (excludes halogenated alkanes) is 1. The minimum Gasteiger partial charge on any atom is -0.464 e. The second kappa shape index (κ2) is 9.59. The first kappa shape index (κ1) is 17.7. The van der Waals surface area contributed by atoms with E-state index in [0.29, 0.717) is 12.5 Å². The molecule has 0 spiro atoms. The molecule has 0 fully saturated rings. The molecule has 4 heteroatoms. The summed E-state index contributed by atoms with van der Waals surface area (Å²) in [5.74, 6) is -0.216. The molecule has 110 valence electrons. The van der Waals surface area contributed by atoms with Crippen molar-refractivity contribution in [1.29, 1.82) is 0 Å². The van der Waals surface area contributed by atoms with Gasteiger partial charge in [0, 0.05) is 7.05 Å². The van der Waals surface area contributed by atoms with Crippen LogP contribution in [-0.2, 0) is 14.3 Å². The predicted octanol–water partition coefficient (Wildman–Crippen LogP) is 2.78. The van der Waals surface area contributed by atoms with E-state index in [9.17, 15) is 9.59 Å². The quantitative estimate of drug-likeness (QED) is 0.477. The van der Waals surface area contributed by atoms with Crippen LogP contribution in [0, 0.1) is 5.92 Å². The number of carbonyl (C=O) groups excluding carboxylic acids is 2. The highest BCUT2D eigenvalue weighted by molar-refractivity contribution is 5.90. The van der Waals surface area contributed by atoms with E-state index >= 15 is 0 Å². The zero-order valence-corrected chi connectivity index (χ0v) is 12.6. The van der Waals surface area contributed by atoms with Crippen LogP contribution in [0.15, 0.2) is 12.7 Å². The Bertz CT molecular complexity index is 302. The lowest BCUT2D eigenvalue weighted by Crippen LogP contribution is -2.40. The molecule has 0 heterocycles. The number of hydrogen-bond donors (Lipinski definition) is 0. The van der Waals surface area contributed by atoms with Crippen LogP contribution < -0.4 is 0 Å². The highest BCUT2D eigenvalue weighted by Crippen LogP contribution is 2.13. The fraction of sp³-hybridized carbons (Fsp3) is 0.733. The molecule has 0 N–H and O–H groups in total. The smallest absolute Gasteiger partial charge is 0.328 e. The summed E-state index contributed by atoms with van der Waals surface area (Å²) in [4.78, 5) is 24.6. The van der Waals surface area contributed by atoms with Crippen LogP contribution in [0.2, 0.25) is 0 Å². The molecule has 0 bridgehead atoms. The average Bonchev–Trinajstić information content (AvgIpc) is 2.44. The molecule has 0 aliphatic heterocycles. The monoisotopic (exact) mass is 269 g/mol. The summed E-state index contributed by atoms with van der Waals surface area (Å²) in [5.41, 5.74) is 0. The van der Waals surface area contributed by atoms with Gasteiger partial charge in [0.25, 0.3) is 0 Å². The SMILES string of the molecule is C=CC(=O)N(C)C(C)C(=O)OCC(CC)CCCC. The van der Waals surface area contributed by atoms with E-state index in [2.05, 4.69) is 20.4 Å². The second-order valence-electron chi connectivity index (χ2n) is 4.88. The average molecular weight is 269 g/mol. The minimum absolute atomic E-state index is 0.275. The number of ether oxygens (including phenoxy) is 1. The first-order valence-corrected chi connectivity index (χ1v) is 7.03. The predicted molar refractivity (Wildman–Crippen MR) is 76.7 cm³/mol. The maximum absolute atomic E-state index is 11.8. The van der Waals surface area contributed by atoms with Gasteiger partial charge in [0.1, 0.15) is 6.04 Å². The zero-order valence-electron chi connectivity index (χ0n) is 12.6. The lowest BCUT2D eigenvalue weighted by atomic mass is 10.0. The van der Waals surface area contributed by atoms with Crippen molar-refractivity contribution >= 4 is 11.9 Å². The summed E-state index contributed by atoms with van der Waals surface area (Å²) < 4.78 is 5.30. The Balaban J connectivity index is 4.21. The fourth-order valence-electron chi connectivity index (χ4n) is 1.71. The fourth-order valence-corrected chi connectivity index (χ4v) is 1.71. The van der Waals surface area contributed by atoms with E-state index < -0.39 is 6.04 Å². The lowest BCUT2D eigenvalue weighted by molar-refractivity contribution is -0.153. The van der Waals surface area contributed by atoms with E-state index in [0.717, 1.165) is 25.7 Å². The van der Waals surface area contributed by atoms with E-state index in [1.54, 1.807) is 14.0 Å². The molecule has 0 aliphatic rings. The number of esters is 1. The Labute approximate surface area is 116 Å². The van der Waals surface area contributed by atoms with Crippen LogP contribution in [0.1, 0.15) is 46.5 Å². The van der Waals surface area contributed by atoms with Crippen LogP contribution in [0.3, 0.4) is 0 Å². The summed E-state index contributed by atoms with van der Waals surface area (Å²) in [6.45, 7) is 9.76. The number of amides is 1. The van der Waals surface area contributed by atoms with E-state index in [1.807, 2.05) is 0 Å². The van der Waals surface area contributed by atoms with Crippen molar-refractivity contribution < 1.29 is 14.3 Å². The lowest BCUT2D eigenvalue weighted by Gasteiger charge is -2.23. The topological polar surface area (TPSA) is 46.6 Å². The molecule has 0 aromatic rings. The molecule has 0 aromatic heterocycles. The van der Waals surface area contributed by atoms with Crippen LogP contribution in [0.5, 0.6) is 0 Å². The van der Waals surface area contributed by atoms with Crippen LogP contribution in [-0.4, -0.2) is 36.5 Å². The third-order valence-corrected chi connectivity index (χ3v) is 3.45. The Morgan fingerprint density at radius 3 is 2.47 bits per heavy atom. The van der Waals surface area contributed by atoms with E-state index in [1.165, 1.54) is 11.0 Å². The minimum atomic E-state index is -0.575. The molecule has 2 unspecified atom stereocenters. The summed E-state index contributed by atoms with van der Waals surface area (Å²) in [6.07, 6.45) is 5.58. The maximum atomic E-state index is 11.8. The van der Waals surface area contributed by atoms with Gasteiger partial charge in [-0.05, 0) is 25.3 Å². The molecule has 4 nitrogen and oxygen atoms in total. The van der Waals surface area contributed by atoms with Crippen LogP contribution >= 0.6 is 0 Å². The summed E-state index contributed by atoms with van der Waals surface area (Å²) in [7, 11) is 1.57. The second-order valence-corrected chi connectivity index (χ2v) is 4.88. The first-order chi connectivity index (χ1) is 8.97. The van der Waals surface area contributed by atoms with Crippen molar-refractivity contribution in [3.63, 3.8) is 0 Å². The van der Waals surface area contributed by atoms with Gasteiger partial charge >= 0.3 is 5.97 Å². The molecule has 0 rings (SSSR count). The Morgan fingerprint density at radius 1 is 1.37 bits per heavy atom. The standard InChI is InChI=1S/C15H27NO3/c1-6-9-10-13(7-2)11-19-15(18)12(4)16(5)14(17)8-3/h8,12-13H,3,6-7,9-11H2,1-2,4-5H3. The number of carbonyl (C=O) groups is 2. The highest BCUT2D eigenvalue weighted by Gasteiger charge is 2.22. The Hall–Kier alpha value is -1.32. The molecule has 1 amide bonds. The summed E-state index contributed by atoms with van der Waals surface area (Å²) in [6, 6.07) is -0.575. The van der Waals surface area contributed by atoms with Crippen LogP contribution in [0.25, 0.3) is 0 Å². The van der Waals surface area contributed by atoms with E-state index in [-0.39, 0.29) is 11.9 Å². The molecule has 0 aliphatic carbocycles. The van der Waals surface area contributed by atoms with Gasteiger partial charge in [0.2, 0.25) is 5.91 Å². The third-order valence-electron chi connectivity index (χ3n) is 3.45. The number of rotatable bonds is 9. The molecule has 0 saturated heterocycles. The van der Waals surface area contributed by atoms with Crippen molar-refractivity contribution in [3.8, 4) is 0 Å². The Morgan fingerprint density at radius 2 is 2.00 bits per heavy atom. The van der Waals surface area contributed by atoms with Crippen molar-refractivity contribution in [1.82, 2.24) is 4.90 Å². The van der Waals surface area contributed by atoms with Gasteiger partial charge in [-0.25, -0.2) is 4.79 Å². The number of nitrogens with zero attached hydrogens (tertiary/aromatic N) is 1. The van der Waals surface area contributed by atoms with Gasteiger partial charge in [-0.1, -0.05) is 39.7 Å². The summed E-state index contributed by atoms with van der Waals surface area (Å²) in [5, 5.41) is 0. The van der Waals surface area contributed by atoms with Crippen molar-refractivity contribution in [2.24, 2.45) is 5.92 Å².